The first-order valence-electron chi connectivity index (χ1n) is 7.43. The number of benzene rings is 1. The van der Waals surface area contributed by atoms with Crippen LogP contribution in [0, 0.1) is 5.92 Å². The number of ether oxygens (including phenoxy) is 1. The Balaban J connectivity index is 0.00000176. The molecule has 1 aliphatic carbocycles. The molecule has 22 heavy (non-hydrogen) atoms. The average Bonchev–Trinajstić information content (AvgIpc) is 2.78. The summed E-state index contributed by atoms with van der Waals surface area (Å²) in [6, 6.07) is 1.92. The highest BCUT2D eigenvalue weighted by molar-refractivity contribution is 6.48. The molecule has 1 aromatic carbocycles. The predicted octanol–water partition coefficient (Wildman–Crippen LogP) is 5.49. The smallest absolute Gasteiger partial charge is 0.143 e. The summed E-state index contributed by atoms with van der Waals surface area (Å²) in [5, 5.41) is 1.38. The molecule has 1 fully saturated rings. The SMILES string of the molecule is CN(C)C[C@H]1CCCC[C@]12Cc1cc(Cl)c(Cl)c(Cl)c1O2.Cl. The molecular weight excluding hydrogens is 364 g/mol. The Morgan fingerprint density at radius 2 is 1.95 bits per heavy atom. The second-order valence-corrected chi connectivity index (χ2v) is 7.69. The van der Waals surface area contributed by atoms with Crippen molar-refractivity contribution in [2.45, 2.75) is 37.7 Å². The predicted molar refractivity (Wildman–Crippen MR) is 96.3 cm³/mol. The Hall–Kier alpha value is 0.140. The van der Waals surface area contributed by atoms with Gasteiger partial charge in [0, 0.05) is 24.4 Å². The van der Waals surface area contributed by atoms with Gasteiger partial charge in [-0.25, -0.2) is 0 Å². The van der Waals surface area contributed by atoms with E-state index in [1.54, 1.807) is 0 Å². The van der Waals surface area contributed by atoms with Crippen LogP contribution >= 0.6 is 47.2 Å². The fourth-order valence-corrected chi connectivity index (χ4v) is 4.46. The van der Waals surface area contributed by atoms with Crippen molar-refractivity contribution in [3.63, 3.8) is 0 Å². The van der Waals surface area contributed by atoms with Gasteiger partial charge in [-0.2, -0.15) is 0 Å². The molecule has 0 saturated heterocycles. The summed E-state index contributed by atoms with van der Waals surface area (Å²) in [4.78, 5) is 2.24. The van der Waals surface area contributed by atoms with Crippen LogP contribution in [0.3, 0.4) is 0 Å². The van der Waals surface area contributed by atoms with Crippen LogP contribution in [0.4, 0.5) is 0 Å². The van der Waals surface area contributed by atoms with E-state index in [1.165, 1.54) is 19.3 Å². The minimum atomic E-state index is -0.136. The second-order valence-electron chi connectivity index (χ2n) is 6.52. The van der Waals surface area contributed by atoms with Gasteiger partial charge in [0.1, 0.15) is 16.4 Å². The molecule has 1 saturated carbocycles. The molecule has 124 valence electrons. The highest BCUT2D eigenvalue weighted by atomic mass is 35.5. The molecule has 1 aromatic rings. The lowest BCUT2D eigenvalue weighted by Gasteiger charge is -2.42. The average molecular weight is 385 g/mol. The van der Waals surface area contributed by atoms with Crippen molar-refractivity contribution in [1.82, 2.24) is 4.90 Å². The van der Waals surface area contributed by atoms with Crippen molar-refractivity contribution >= 4 is 47.2 Å². The number of halogens is 4. The summed E-state index contributed by atoms with van der Waals surface area (Å²) in [6.45, 7) is 1.03. The van der Waals surface area contributed by atoms with E-state index in [-0.39, 0.29) is 18.0 Å². The first-order chi connectivity index (χ1) is 9.93. The maximum atomic E-state index is 6.41. The molecule has 0 radical (unpaired) electrons. The van der Waals surface area contributed by atoms with Crippen LogP contribution in [0.5, 0.6) is 5.75 Å². The van der Waals surface area contributed by atoms with Gasteiger partial charge in [-0.15, -0.1) is 12.4 Å². The Morgan fingerprint density at radius 1 is 1.23 bits per heavy atom. The molecular formula is C16H21Cl4NO. The third-order valence-electron chi connectivity index (χ3n) is 4.72. The van der Waals surface area contributed by atoms with Crippen molar-refractivity contribution in [2.24, 2.45) is 5.92 Å². The molecule has 0 bridgehead atoms. The number of hydrogen-bond acceptors (Lipinski definition) is 2. The van der Waals surface area contributed by atoms with Crippen molar-refractivity contribution in [2.75, 3.05) is 20.6 Å². The highest BCUT2D eigenvalue weighted by Gasteiger charge is 2.48. The van der Waals surface area contributed by atoms with Crippen LogP contribution in [0.1, 0.15) is 31.2 Å². The molecule has 2 nitrogen and oxygen atoms in total. The Morgan fingerprint density at radius 3 is 2.64 bits per heavy atom. The topological polar surface area (TPSA) is 12.5 Å². The van der Waals surface area contributed by atoms with E-state index in [0.717, 1.165) is 30.7 Å². The summed E-state index contributed by atoms with van der Waals surface area (Å²) in [5.74, 6) is 1.26. The first kappa shape index (κ1) is 18.5. The van der Waals surface area contributed by atoms with Crippen LogP contribution in [0.2, 0.25) is 15.1 Å². The monoisotopic (exact) mass is 383 g/mol. The van der Waals surface area contributed by atoms with Crippen molar-refractivity contribution in [3.8, 4) is 5.75 Å². The Bertz CT molecular complexity index is 564. The Labute approximate surface area is 153 Å². The third kappa shape index (κ3) is 3.18. The van der Waals surface area contributed by atoms with Gasteiger partial charge in [0.25, 0.3) is 0 Å². The largest absolute Gasteiger partial charge is 0.485 e. The minimum absolute atomic E-state index is 0. The standard InChI is InChI=1S/C16H20Cl3NO.ClH/c1-20(2)9-11-5-3-4-6-16(11)8-10-7-12(17)13(18)14(19)15(10)21-16;/h7,11H,3-6,8-9H2,1-2H3;1H/t11-,16+;/m1./s1. The molecule has 0 unspecified atom stereocenters. The van der Waals surface area contributed by atoms with Gasteiger partial charge < -0.3 is 9.64 Å². The lowest BCUT2D eigenvalue weighted by Crippen LogP contribution is -2.48. The molecule has 0 aromatic heterocycles. The highest BCUT2D eigenvalue weighted by Crippen LogP contribution is 2.52. The van der Waals surface area contributed by atoms with E-state index in [4.69, 9.17) is 39.5 Å². The second kappa shape index (κ2) is 6.94. The number of fused-ring (bicyclic) bond motifs is 1. The van der Waals surface area contributed by atoms with Gasteiger partial charge in [0.15, 0.2) is 0 Å². The van der Waals surface area contributed by atoms with Gasteiger partial charge in [-0.1, -0.05) is 41.2 Å². The summed E-state index contributed by atoms with van der Waals surface area (Å²) in [7, 11) is 4.23. The lowest BCUT2D eigenvalue weighted by atomic mass is 9.73. The quantitative estimate of drug-likeness (QED) is 0.624. The summed E-state index contributed by atoms with van der Waals surface area (Å²) < 4.78 is 6.41. The van der Waals surface area contributed by atoms with Crippen LogP contribution in [0.15, 0.2) is 6.07 Å². The van der Waals surface area contributed by atoms with E-state index in [2.05, 4.69) is 19.0 Å². The van der Waals surface area contributed by atoms with E-state index in [0.29, 0.717) is 21.0 Å². The van der Waals surface area contributed by atoms with Crippen LogP contribution in [-0.4, -0.2) is 31.1 Å². The van der Waals surface area contributed by atoms with E-state index in [1.807, 2.05) is 6.07 Å². The zero-order valence-corrected chi connectivity index (χ0v) is 15.9. The van der Waals surface area contributed by atoms with E-state index in [9.17, 15) is 0 Å². The van der Waals surface area contributed by atoms with Gasteiger partial charge in [0.2, 0.25) is 0 Å². The zero-order valence-electron chi connectivity index (χ0n) is 12.8. The summed E-state index contributed by atoms with van der Waals surface area (Å²) in [5.41, 5.74) is 0.961. The molecule has 1 aliphatic heterocycles. The summed E-state index contributed by atoms with van der Waals surface area (Å²) >= 11 is 18.7. The van der Waals surface area contributed by atoms with Gasteiger partial charge in [-0.3, -0.25) is 0 Å². The molecule has 6 heteroatoms. The molecule has 2 aliphatic rings. The minimum Gasteiger partial charge on any atom is -0.485 e. The molecule has 3 rings (SSSR count). The zero-order chi connectivity index (χ0) is 15.2. The number of rotatable bonds is 2. The first-order valence-corrected chi connectivity index (χ1v) is 8.56. The van der Waals surface area contributed by atoms with Crippen molar-refractivity contribution in [1.29, 1.82) is 0 Å². The number of nitrogens with zero attached hydrogens (tertiary/aromatic N) is 1. The molecule has 1 spiro atoms. The number of hydrogen-bond donors (Lipinski definition) is 0. The van der Waals surface area contributed by atoms with E-state index >= 15 is 0 Å². The maximum Gasteiger partial charge on any atom is 0.143 e. The normalized spacial score (nSPS) is 26.7. The van der Waals surface area contributed by atoms with Crippen LogP contribution < -0.4 is 4.74 Å². The van der Waals surface area contributed by atoms with Crippen LogP contribution in [0.25, 0.3) is 0 Å². The molecule has 1 heterocycles. The van der Waals surface area contributed by atoms with Crippen molar-refractivity contribution < 1.29 is 4.74 Å². The fraction of sp³-hybridized carbons (Fsp3) is 0.625. The van der Waals surface area contributed by atoms with Crippen molar-refractivity contribution in [3.05, 3.63) is 26.7 Å². The maximum absolute atomic E-state index is 6.41. The third-order valence-corrected chi connectivity index (χ3v) is 5.97. The van der Waals surface area contributed by atoms with Gasteiger partial charge in [0.05, 0.1) is 10.0 Å². The molecule has 2 atom stereocenters. The molecule has 0 N–H and O–H groups in total. The van der Waals surface area contributed by atoms with Gasteiger partial charge in [-0.05, 0) is 39.4 Å². The lowest BCUT2D eigenvalue weighted by molar-refractivity contribution is -0.0149. The molecule has 0 amide bonds. The van der Waals surface area contributed by atoms with Crippen LogP contribution in [-0.2, 0) is 6.42 Å². The van der Waals surface area contributed by atoms with E-state index < -0.39 is 0 Å². The Kier molecular flexibility index (Phi) is 5.83. The fourth-order valence-electron chi connectivity index (χ4n) is 3.78. The van der Waals surface area contributed by atoms with Gasteiger partial charge >= 0.3 is 0 Å². The summed E-state index contributed by atoms with van der Waals surface area (Å²) in [6.07, 6.45) is 5.64.